The molecule has 17 heavy (non-hydrogen) atoms. The van der Waals surface area contributed by atoms with Crippen LogP contribution in [0.4, 0.5) is 11.4 Å². The number of hydrogen-bond donors (Lipinski definition) is 2. The number of benzene rings is 1. The number of non-ortho nitro benzene ring substituents is 1. The van der Waals surface area contributed by atoms with E-state index < -0.39 is 4.92 Å². The number of nitrogens with zero attached hydrogens (tertiary/aromatic N) is 1. The Morgan fingerprint density at radius 1 is 1.47 bits per heavy atom. The highest BCUT2D eigenvalue weighted by Crippen LogP contribution is 2.28. The van der Waals surface area contributed by atoms with Crippen molar-refractivity contribution < 1.29 is 9.66 Å². The molecule has 0 fully saturated rings. The molecule has 0 spiro atoms. The molecule has 0 aromatic heterocycles. The van der Waals surface area contributed by atoms with Crippen LogP contribution in [0.15, 0.2) is 18.2 Å². The van der Waals surface area contributed by atoms with E-state index in [1.165, 1.54) is 12.1 Å². The number of nitro benzene ring substituents is 1. The van der Waals surface area contributed by atoms with Crippen LogP contribution in [0.2, 0.25) is 0 Å². The number of rotatable bonds is 5. The highest BCUT2D eigenvalue weighted by molar-refractivity contribution is 5.55. The Bertz CT molecular complexity index is 418. The number of nitro groups is 1. The number of hydrogen-bond acceptors (Lipinski definition) is 5. The maximum absolute atomic E-state index is 10.7. The van der Waals surface area contributed by atoms with Crippen molar-refractivity contribution in [1.82, 2.24) is 0 Å². The third-order valence-corrected chi connectivity index (χ3v) is 2.51. The van der Waals surface area contributed by atoms with E-state index in [0.717, 1.165) is 6.42 Å². The zero-order chi connectivity index (χ0) is 13.1. The Labute approximate surface area is 99.9 Å². The molecule has 0 aliphatic carbocycles. The fourth-order valence-corrected chi connectivity index (χ4v) is 1.22. The van der Waals surface area contributed by atoms with Crippen molar-refractivity contribution in [2.45, 2.75) is 32.8 Å². The molecule has 0 aliphatic heterocycles. The van der Waals surface area contributed by atoms with Gasteiger partial charge in [0.1, 0.15) is 11.4 Å². The summed E-state index contributed by atoms with van der Waals surface area (Å²) in [5.74, 6) is 5.69. The molecule has 0 saturated heterocycles. The van der Waals surface area contributed by atoms with E-state index in [1.54, 1.807) is 6.07 Å². The monoisotopic (exact) mass is 239 g/mol. The van der Waals surface area contributed by atoms with Crippen LogP contribution in [0.1, 0.15) is 27.2 Å². The summed E-state index contributed by atoms with van der Waals surface area (Å²) in [7, 11) is 0. The first-order valence-corrected chi connectivity index (χ1v) is 5.33. The van der Waals surface area contributed by atoms with E-state index >= 15 is 0 Å². The van der Waals surface area contributed by atoms with Gasteiger partial charge >= 0.3 is 0 Å². The van der Waals surface area contributed by atoms with Gasteiger partial charge in [-0.2, -0.15) is 0 Å². The van der Waals surface area contributed by atoms with Gasteiger partial charge in [0.2, 0.25) is 0 Å². The summed E-state index contributed by atoms with van der Waals surface area (Å²) in [6.45, 7) is 5.82. The number of anilines is 1. The van der Waals surface area contributed by atoms with Crippen LogP contribution in [0.25, 0.3) is 0 Å². The lowest BCUT2D eigenvalue weighted by molar-refractivity contribution is -0.384. The number of nitrogens with one attached hydrogen (secondary N) is 1. The first-order chi connectivity index (χ1) is 7.88. The summed E-state index contributed by atoms with van der Waals surface area (Å²) in [5, 5.41) is 10.7. The lowest BCUT2D eigenvalue weighted by Crippen LogP contribution is -2.26. The maximum atomic E-state index is 10.7. The molecule has 0 heterocycles. The zero-order valence-corrected chi connectivity index (χ0v) is 10.2. The van der Waals surface area contributed by atoms with Crippen molar-refractivity contribution in [2.75, 3.05) is 5.43 Å². The molecule has 94 valence electrons. The Morgan fingerprint density at radius 2 is 2.12 bits per heavy atom. The van der Waals surface area contributed by atoms with E-state index in [0.29, 0.717) is 11.4 Å². The Balaban J connectivity index is 3.07. The Kier molecular flexibility index (Phi) is 3.90. The predicted octanol–water partition coefficient (Wildman–Crippen LogP) is 2.45. The second-order valence-corrected chi connectivity index (χ2v) is 4.33. The van der Waals surface area contributed by atoms with Gasteiger partial charge in [-0.15, -0.1) is 0 Å². The van der Waals surface area contributed by atoms with Crippen molar-refractivity contribution in [3.8, 4) is 5.75 Å². The van der Waals surface area contributed by atoms with Crippen molar-refractivity contribution in [1.29, 1.82) is 0 Å². The minimum atomic E-state index is -0.480. The van der Waals surface area contributed by atoms with Crippen molar-refractivity contribution >= 4 is 11.4 Å². The highest BCUT2D eigenvalue weighted by Gasteiger charge is 2.19. The van der Waals surface area contributed by atoms with Crippen LogP contribution in [-0.4, -0.2) is 10.5 Å². The molecule has 0 radical (unpaired) electrons. The molecule has 6 nitrogen and oxygen atoms in total. The SMILES string of the molecule is CCC(C)(C)Oc1cc(NN)cc([N+](=O)[O-])c1. The molecule has 0 unspecified atom stereocenters. The molecular formula is C11H17N3O3. The lowest BCUT2D eigenvalue weighted by atomic mass is 10.1. The second-order valence-electron chi connectivity index (χ2n) is 4.33. The van der Waals surface area contributed by atoms with Gasteiger partial charge in [0.05, 0.1) is 16.7 Å². The summed E-state index contributed by atoms with van der Waals surface area (Å²) >= 11 is 0. The molecule has 0 amide bonds. The minimum absolute atomic E-state index is 0.0534. The van der Waals surface area contributed by atoms with Crippen LogP contribution < -0.4 is 16.0 Å². The molecule has 0 aliphatic rings. The Hall–Kier alpha value is -1.82. The standard InChI is InChI=1S/C11H17N3O3/c1-4-11(2,3)17-10-6-8(13-12)5-9(7-10)14(15)16/h5-7,13H,4,12H2,1-3H3. The Morgan fingerprint density at radius 3 is 2.59 bits per heavy atom. The third-order valence-electron chi connectivity index (χ3n) is 2.51. The van der Waals surface area contributed by atoms with Crippen LogP contribution in [0, 0.1) is 10.1 Å². The van der Waals surface area contributed by atoms with Gasteiger partial charge < -0.3 is 10.2 Å². The fourth-order valence-electron chi connectivity index (χ4n) is 1.22. The van der Waals surface area contributed by atoms with Gasteiger partial charge in [0.15, 0.2) is 0 Å². The van der Waals surface area contributed by atoms with E-state index in [2.05, 4.69) is 5.43 Å². The first kappa shape index (κ1) is 13.2. The van der Waals surface area contributed by atoms with Gasteiger partial charge in [0, 0.05) is 12.1 Å². The van der Waals surface area contributed by atoms with E-state index in [-0.39, 0.29) is 11.3 Å². The number of nitrogens with two attached hydrogens (primary N) is 1. The predicted molar refractivity (Wildman–Crippen MR) is 65.9 cm³/mol. The molecule has 0 saturated carbocycles. The minimum Gasteiger partial charge on any atom is -0.488 e. The lowest BCUT2D eigenvalue weighted by Gasteiger charge is -2.25. The number of ether oxygens (including phenoxy) is 1. The molecule has 0 atom stereocenters. The van der Waals surface area contributed by atoms with Gasteiger partial charge in [-0.3, -0.25) is 16.0 Å². The highest BCUT2D eigenvalue weighted by atomic mass is 16.6. The molecule has 3 N–H and O–H groups in total. The normalized spacial score (nSPS) is 11.1. The van der Waals surface area contributed by atoms with Gasteiger partial charge in [-0.25, -0.2) is 0 Å². The van der Waals surface area contributed by atoms with Gasteiger partial charge in [-0.1, -0.05) is 6.92 Å². The number of nitrogen functional groups attached to an aromatic ring is 1. The van der Waals surface area contributed by atoms with E-state index in [4.69, 9.17) is 10.6 Å². The van der Waals surface area contributed by atoms with Crippen LogP contribution >= 0.6 is 0 Å². The molecule has 0 bridgehead atoms. The maximum Gasteiger partial charge on any atom is 0.275 e. The average Bonchev–Trinajstić information content (AvgIpc) is 2.28. The average molecular weight is 239 g/mol. The quantitative estimate of drug-likeness (QED) is 0.468. The summed E-state index contributed by atoms with van der Waals surface area (Å²) in [6, 6.07) is 4.37. The molecule has 1 rings (SSSR count). The zero-order valence-electron chi connectivity index (χ0n) is 10.2. The van der Waals surface area contributed by atoms with Crippen molar-refractivity contribution in [3.63, 3.8) is 0 Å². The summed E-state index contributed by atoms with van der Waals surface area (Å²) in [5.41, 5.74) is 2.40. The molecule has 1 aromatic carbocycles. The van der Waals surface area contributed by atoms with Crippen LogP contribution in [0.5, 0.6) is 5.75 Å². The van der Waals surface area contributed by atoms with Gasteiger partial charge in [-0.05, 0) is 20.3 Å². The molecule has 1 aromatic rings. The van der Waals surface area contributed by atoms with Crippen LogP contribution in [0.3, 0.4) is 0 Å². The summed E-state index contributed by atoms with van der Waals surface area (Å²) in [4.78, 5) is 10.3. The third kappa shape index (κ3) is 3.60. The van der Waals surface area contributed by atoms with E-state index in [9.17, 15) is 10.1 Å². The molecule has 6 heteroatoms. The van der Waals surface area contributed by atoms with Crippen molar-refractivity contribution in [3.05, 3.63) is 28.3 Å². The molecular weight excluding hydrogens is 222 g/mol. The van der Waals surface area contributed by atoms with Crippen LogP contribution in [-0.2, 0) is 0 Å². The van der Waals surface area contributed by atoms with Crippen molar-refractivity contribution in [2.24, 2.45) is 5.84 Å². The summed E-state index contributed by atoms with van der Waals surface area (Å²) in [6.07, 6.45) is 0.793. The topological polar surface area (TPSA) is 90.4 Å². The van der Waals surface area contributed by atoms with Gasteiger partial charge in [0.25, 0.3) is 5.69 Å². The fraction of sp³-hybridized carbons (Fsp3) is 0.455. The van der Waals surface area contributed by atoms with E-state index in [1.807, 2.05) is 20.8 Å². The second kappa shape index (κ2) is 5.01. The first-order valence-electron chi connectivity index (χ1n) is 5.33. The summed E-state index contributed by atoms with van der Waals surface area (Å²) < 4.78 is 5.68. The smallest absolute Gasteiger partial charge is 0.275 e. The number of hydrazine groups is 1. The largest absolute Gasteiger partial charge is 0.488 e.